The van der Waals surface area contributed by atoms with Gasteiger partial charge in [0.15, 0.2) is 5.76 Å². The average Bonchev–Trinajstić information content (AvgIpc) is 2.96. The second-order valence-electron chi connectivity index (χ2n) is 3.51. The summed E-state index contributed by atoms with van der Waals surface area (Å²) < 4.78 is 7.06. The molecule has 0 bridgehead atoms. The summed E-state index contributed by atoms with van der Waals surface area (Å²) >= 11 is 0. The fourth-order valence-electron chi connectivity index (χ4n) is 1.48. The predicted molar refractivity (Wildman–Crippen MR) is 60.1 cm³/mol. The molecule has 0 radical (unpaired) electrons. The minimum Gasteiger partial charge on any atom is -0.459 e. The smallest absolute Gasteiger partial charge is 0.286 e. The molecule has 0 fully saturated rings. The molecule has 2 heterocycles. The van der Waals surface area contributed by atoms with Gasteiger partial charge in [0.05, 0.1) is 6.26 Å². The van der Waals surface area contributed by atoms with Crippen molar-refractivity contribution in [1.82, 2.24) is 9.88 Å². The van der Waals surface area contributed by atoms with E-state index in [0.717, 1.165) is 13.0 Å². The quantitative estimate of drug-likeness (QED) is 0.779. The lowest BCUT2D eigenvalue weighted by atomic mass is 10.4. The summed E-state index contributed by atoms with van der Waals surface area (Å²) in [7, 11) is 0. The SMILES string of the molecule is O=C(NCCCn1cccc1)c1ccco1. The molecule has 0 saturated heterocycles. The normalized spacial score (nSPS) is 10.2. The summed E-state index contributed by atoms with van der Waals surface area (Å²) in [4.78, 5) is 11.5. The Kier molecular flexibility index (Phi) is 3.43. The van der Waals surface area contributed by atoms with Crippen LogP contribution in [-0.4, -0.2) is 17.0 Å². The number of amides is 1. The molecular weight excluding hydrogens is 204 g/mol. The van der Waals surface area contributed by atoms with Crippen molar-refractivity contribution in [2.75, 3.05) is 6.54 Å². The fourth-order valence-corrected chi connectivity index (χ4v) is 1.48. The Hall–Kier alpha value is -1.97. The van der Waals surface area contributed by atoms with Crippen molar-refractivity contribution in [3.8, 4) is 0 Å². The van der Waals surface area contributed by atoms with Crippen LogP contribution in [0, 0.1) is 0 Å². The van der Waals surface area contributed by atoms with Gasteiger partial charge in [-0.25, -0.2) is 0 Å². The van der Waals surface area contributed by atoms with Crippen molar-refractivity contribution in [1.29, 1.82) is 0 Å². The molecule has 0 aliphatic carbocycles. The number of furan rings is 1. The summed E-state index contributed by atoms with van der Waals surface area (Å²) in [5, 5.41) is 2.80. The van der Waals surface area contributed by atoms with E-state index in [1.807, 2.05) is 24.5 Å². The minimum absolute atomic E-state index is 0.155. The molecule has 0 aliphatic rings. The predicted octanol–water partition coefficient (Wildman–Crippen LogP) is 1.90. The van der Waals surface area contributed by atoms with Crippen LogP contribution in [0.5, 0.6) is 0 Å². The van der Waals surface area contributed by atoms with E-state index in [1.54, 1.807) is 12.1 Å². The van der Waals surface area contributed by atoms with E-state index in [9.17, 15) is 4.79 Å². The van der Waals surface area contributed by atoms with Gasteiger partial charge in [-0.1, -0.05) is 0 Å². The van der Waals surface area contributed by atoms with Crippen LogP contribution in [0.15, 0.2) is 47.3 Å². The molecule has 2 aromatic heterocycles. The monoisotopic (exact) mass is 218 g/mol. The molecule has 0 spiro atoms. The number of rotatable bonds is 5. The lowest BCUT2D eigenvalue weighted by molar-refractivity contribution is 0.0925. The number of nitrogens with one attached hydrogen (secondary N) is 1. The third-order valence-corrected chi connectivity index (χ3v) is 2.29. The Morgan fingerprint density at radius 2 is 2.12 bits per heavy atom. The van der Waals surface area contributed by atoms with Crippen LogP contribution >= 0.6 is 0 Å². The molecule has 84 valence electrons. The molecule has 0 aliphatic heterocycles. The van der Waals surface area contributed by atoms with Crippen molar-refractivity contribution in [3.05, 3.63) is 48.7 Å². The maximum Gasteiger partial charge on any atom is 0.286 e. The van der Waals surface area contributed by atoms with Crippen LogP contribution in [-0.2, 0) is 6.54 Å². The third kappa shape index (κ3) is 2.76. The number of aromatic nitrogens is 1. The highest BCUT2D eigenvalue weighted by molar-refractivity contribution is 5.91. The van der Waals surface area contributed by atoms with Gasteiger partial charge in [0.2, 0.25) is 0 Å². The van der Waals surface area contributed by atoms with Crippen LogP contribution in [0.25, 0.3) is 0 Å². The summed E-state index contributed by atoms with van der Waals surface area (Å²) in [6, 6.07) is 7.33. The Bertz CT molecular complexity index is 418. The highest BCUT2D eigenvalue weighted by atomic mass is 16.3. The highest BCUT2D eigenvalue weighted by Gasteiger charge is 2.06. The second kappa shape index (κ2) is 5.21. The van der Waals surface area contributed by atoms with E-state index < -0.39 is 0 Å². The number of aryl methyl sites for hydroxylation is 1. The molecule has 0 unspecified atom stereocenters. The van der Waals surface area contributed by atoms with E-state index in [2.05, 4.69) is 9.88 Å². The molecule has 16 heavy (non-hydrogen) atoms. The van der Waals surface area contributed by atoms with Crippen molar-refractivity contribution < 1.29 is 9.21 Å². The Morgan fingerprint density at radius 3 is 2.81 bits per heavy atom. The minimum atomic E-state index is -0.155. The number of carbonyl (C=O) groups excluding carboxylic acids is 1. The van der Waals surface area contributed by atoms with Crippen LogP contribution < -0.4 is 5.32 Å². The average molecular weight is 218 g/mol. The van der Waals surface area contributed by atoms with Crippen molar-refractivity contribution >= 4 is 5.91 Å². The topological polar surface area (TPSA) is 47.2 Å². The zero-order valence-electron chi connectivity index (χ0n) is 8.93. The molecule has 1 N–H and O–H groups in total. The Morgan fingerprint density at radius 1 is 1.31 bits per heavy atom. The molecule has 4 nitrogen and oxygen atoms in total. The van der Waals surface area contributed by atoms with Gasteiger partial charge in [-0.3, -0.25) is 4.79 Å². The summed E-state index contributed by atoms with van der Waals surface area (Å²) in [6.45, 7) is 1.56. The van der Waals surface area contributed by atoms with Crippen LogP contribution in [0.3, 0.4) is 0 Å². The van der Waals surface area contributed by atoms with Gasteiger partial charge in [-0.05, 0) is 30.7 Å². The largest absolute Gasteiger partial charge is 0.459 e. The number of hydrogen-bond acceptors (Lipinski definition) is 2. The van der Waals surface area contributed by atoms with Crippen LogP contribution in [0.2, 0.25) is 0 Å². The Labute approximate surface area is 93.9 Å². The fraction of sp³-hybridized carbons (Fsp3) is 0.250. The standard InChI is InChI=1S/C12H14N2O2/c15-12(11-5-3-10-16-11)13-6-4-9-14-7-1-2-8-14/h1-3,5,7-8,10H,4,6,9H2,(H,13,15). The highest BCUT2D eigenvalue weighted by Crippen LogP contribution is 1.99. The summed E-state index contributed by atoms with van der Waals surface area (Å²) in [5.41, 5.74) is 0. The molecule has 0 atom stereocenters. The first-order chi connectivity index (χ1) is 7.86. The zero-order chi connectivity index (χ0) is 11.2. The third-order valence-electron chi connectivity index (χ3n) is 2.29. The number of hydrogen-bond donors (Lipinski definition) is 1. The van der Waals surface area contributed by atoms with Crippen molar-refractivity contribution in [2.24, 2.45) is 0 Å². The lowest BCUT2D eigenvalue weighted by Crippen LogP contribution is -2.24. The molecule has 0 saturated carbocycles. The lowest BCUT2D eigenvalue weighted by Gasteiger charge is -2.04. The van der Waals surface area contributed by atoms with Gasteiger partial charge < -0.3 is 14.3 Å². The summed E-state index contributed by atoms with van der Waals surface area (Å²) in [5.74, 6) is 0.207. The van der Waals surface area contributed by atoms with Gasteiger partial charge in [0.25, 0.3) is 5.91 Å². The van der Waals surface area contributed by atoms with Crippen molar-refractivity contribution in [3.63, 3.8) is 0 Å². The first-order valence-electron chi connectivity index (χ1n) is 5.29. The van der Waals surface area contributed by atoms with Gasteiger partial charge in [0.1, 0.15) is 0 Å². The van der Waals surface area contributed by atoms with E-state index in [0.29, 0.717) is 12.3 Å². The maximum atomic E-state index is 11.5. The van der Waals surface area contributed by atoms with Gasteiger partial charge in [-0.2, -0.15) is 0 Å². The summed E-state index contributed by atoms with van der Waals surface area (Å²) in [6.07, 6.45) is 6.42. The molecule has 2 rings (SSSR count). The maximum absolute atomic E-state index is 11.5. The molecule has 1 amide bonds. The van der Waals surface area contributed by atoms with Crippen molar-refractivity contribution in [2.45, 2.75) is 13.0 Å². The van der Waals surface area contributed by atoms with E-state index in [-0.39, 0.29) is 5.91 Å². The second-order valence-corrected chi connectivity index (χ2v) is 3.51. The van der Waals surface area contributed by atoms with E-state index >= 15 is 0 Å². The van der Waals surface area contributed by atoms with Gasteiger partial charge >= 0.3 is 0 Å². The zero-order valence-corrected chi connectivity index (χ0v) is 8.93. The molecular formula is C12H14N2O2. The van der Waals surface area contributed by atoms with E-state index in [4.69, 9.17) is 4.42 Å². The number of nitrogens with zero attached hydrogens (tertiary/aromatic N) is 1. The van der Waals surface area contributed by atoms with Gasteiger partial charge in [0, 0.05) is 25.5 Å². The Balaban J connectivity index is 1.67. The van der Waals surface area contributed by atoms with Gasteiger partial charge in [-0.15, -0.1) is 0 Å². The number of carbonyl (C=O) groups is 1. The van der Waals surface area contributed by atoms with E-state index in [1.165, 1.54) is 6.26 Å². The van der Waals surface area contributed by atoms with Crippen LogP contribution in [0.1, 0.15) is 17.0 Å². The molecule has 4 heteroatoms. The molecule has 0 aromatic carbocycles. The first kappa shape index (κ1) is 10.5. The molecule has 2 aromatic rings. The first-order valence-corrected chi connectivity index (χ1v) is 5.29. The van der Waals surface area contributed by atoms with Crippen LogP contribution in [0.4, 0.5) is 0 Å².